The summed E-state index contributed by atoms with van der Waals surface area (Å²) in [5.74, 6) is -2.90. The quantitative estimate of drug-likeness (QED) is 0.452. The van der Waals surface area contributed by atoms with Crippen LogP contribution in [0.5, 0.6) is 0 Å². The van der Waals surface area contributed by atoms with Gasteiger partial charge in [0.05, 0.1) is 11.8 Å². The lowest BCUT2D eigenvalue weighted by atomic mass is 10.0. The predicted octanol–water partition coefficient (Wildman–Crippen LogP) is 3.17. The first kappa shape index (κ1) is 21.3. The summed E-state index contributed by atoms with van der Waals surface area (Å²) in [6.45, 7) is 7.42. The molecule has 0 atom stereocenters. The smallest absolute Gasteiger partial charge is 0.316 e. The second-order valence-corrected chi connectivity index (χ2v) is 5.47. The third kappa shape index (κ3) is 8.47. The van der Waals surface area contributed by atoms with Crippen LogP contribution in [0.1, 0.15) is 72.6 Å². The van der Waals surface area contributed by atoms with Gasteiger partial charge < -0.3 is 9.47 Å². The van der Waals surface area contributed by atoms with Gasteiger partial charge in [-0.1, -0.05) is 27.7 Å². The number of hydrogen-bond donors (Lipinski definition) is 0. The molecule has 23 heavy (non-hydrogen) atoms. The van der Waals surface area contributed by atoms with Crippen molar-refractivity contribution in [1.82, 2.24) is 0 Å². The highest BCUT2D eigenvalue weighted by molar-refractivity contribution is 5.88. The second-order valence-electron chi connectivity index (χ2n) is 5.47. The normalized spacial score (nSPS) is 10.7. The Bertz CT molecular complexity index is 369. The van der Waals surface area contributed by atoms with Gasteiger partial charge in [0, 0.05) is 12.8 Å². The molecule has 0 amide bonds. The Morgan fingerprint density at radius 3 is 1.22 bits per heavy atom. The van der Waals surface area contributed by atoms with E-state index in [2.05, 4.69) is 0 Å². The van der Waals surface area contributed by atoms with Crippen LogP contribution < -0.4 is 0 Å². The van der Waals surface area contributed by atoms with Gasteiger partial charge in [0.1, 0.15) is 0 Å². The van der Waals surface area contributed by atoms with Crippen molar-refractivity contribution in [2.45, 2.75) is 72.6 Å². The van der Waals surface area contributed by atoms with Crippen molar-refractivity contribution in [3.63, 3.8) is 0 Å². The average molecular weight is 328 g/mol. The standard InChI is InChI=1S/C17H28O6/c1-5-12(6-2)16(20)22-14(18)10-9-11-15(19)23-17(21)13(7-3)8-4/h12-13H,5-11H2,1-4H3. The van der Waals surface area contributed by atoms with Crippen LogP contribution in [0.4, 0.5) is 0 Å². The maximum absolute atomic E-state index is 11.6. The lowest BCUT2D eigenvalue weighted by molar-refractivity contribution is -0.163. The number of esters is 4. The zero-order chi connectivity index (χ0) is 17.8. The minimum Gasteiger partial charge on any atom is -0.393 e. The minimum absolute atomic E-state index is 0.0554. The molecule has 6 nitrogen and oxygen atoms in total. The molecule has 0 unspecified atom stereocenters. The summed E-state index contributed by atoms with van der Waals surface area (Å²) >= 11 is 0. The molecule has 132 valence electrons. The van der Waals surface area contributed by atoms with E-state index in [1.54, 1.807) is 0 Å². The van der Waals surface area contributed by atoms with E-state index in [4.69, 9.17) is 9.47 Å². The largest absolute Gasteiger partial charge is 0.393 e. The highest BCUT2D eigenvalue weighted by Crippen LogP contribution is 2.12. The van der Waals surface area contributed by atoms with Gasteiger partial charge in [-0.05, 0) is 32.1 Å². The fraction of sp³-hybridized carbons (Fsp3) is 0.765. The summed E-state index contributed by atoms with van der Waals surface area (Å²) in [5, 5.41) is 0. The molecule has 0 spiro atoms. The van der Waals surface area contributed by atoms with Gasteiger partial charge in [0.15, 0.2) is 0 Å². The third-order valence-corrected chi connectivity index (χ3v) is 3.83. The van der Waals surface area contributed by atoms with E-state index in [0.717, 1.165) is 0 Å². The number of carbonyl (C=O) groups is 4. The van der Waals surface area contributed by atoms with E-state index in [9.17, 15) is 19.2 Å². The Kier molecular flexibility index (Phi) is 10.9. The molecule has 0 aromatic carbocycles. The number of hydrogen-bond acceptors (Lipinski definition) is 6. The van der Waals surface area contributed by atoms with Crippen molar-refractivity contribution in [3.8, 4) is 0 Å². The van der Waals surface area contributed by atoms with Crippen LogP contribution >= 0.6 is 0 Å². The summed E-state index contributed by atoms with van der Waals surface area (Å²) in [6.07, 6.45) is 2.55. The third-order valence-electron chi connectivity index (χ3n) is 3.83. The van der Waals surface area contributed by atoms with Crippen LogP contribution in [0.15, 0.2) is 0 Å². The summed E-state index contributed by atoms with van der Waals surface area (Å²) in [5.41, 5.74) is 0. The van der Waals surface area contributed by atoms with Crippen LogP contribution in [0.3, 0.4) is 0 Å². The fourth-order valence-corrected chi connectivity index (χ4v) is 2.11. The number of carbonyl (C=O) groups excluding carboxylic acids is 4. The molecule has 0 rings (SSSR count). The first-order valence-electron chi connectivity index (χ1n) is 8.38. The molecule has 0 heterocycles. The van der Waals surface area contributed by atoms with Crippen LogP contribution in [0.2, 0.25) is 0 Å². The summed E-state index contributed by atoms with van der Waals surface area (Å²) in [4.78, 5) is 46.3. The van der Waals surface area contributed by atoms with Crippen LogP contribution in [-0.4, -0.2) is 23.9 Å². The van der Waals surface area contributed by atoms with E-state index in [1.165, 1.54) is 0 Å². The molecule has 0 aliphatic rings. The Morgan fingerprint density at radius 2 is 0.957 bits per heavy atom. The number of rotatable bonds is 10. The molecule has 0 saturated heterocycles. The molecule has 0 fully saturated rings. The molecule has 0 aromatic rings. The van der Waals surface area contributed by atoms with Crippen molar-refractivity contribution < 1.29 is 28.7 Å². The van der Waals surface area contributed by atoms with Gasteiger partial charge in [-0.25, -0.2) is 0 Å². The Morgan fingerprint density at radius 1 is 0.652 bits per heavy atom. The lowest BCUT2D eigenvalue weighted by Crippen LogP contribution is -2.21. The monoisotopic (exact) mass is 328 g/mol. The van der Waals surface area contributed by atoms with Gasteiger partial charge in [0.2, 0.25) is 0 Å². The van der Waals surface area contributed by atoms with Crippen molar-refractivity contribution in [3.05, 3.63) is 0 Å². The summed E-state index contributed by atoms with van der Waals surface area (Å²) < 4.78 is 9.47. The van der Waals surface area contributed by atoms with Crippen LogP contribution in [-0.2, 0) is 28.7 Å². The summed E-state index contributed by atoms with van der Waals surface area (Å²) in [7, 11) is 0. The zero-order valence-corrected chi connectivity index (χ0v) is 14.6. The molecular weight excluding hydrogens is 300 g/mol. The maximum Gasteiger partial charge on any atom is 0.316 e. The zero-order valence-electron chi connectivity index (χ0n) is 14.6. The average Bonchev–Trinajstić information content (AvgIpc) is 2.49. The molecule has 6 heteroatoms. The van der Waals surface area contributed by atoms with E-state index < -0.39 is 23.9 Å². The first-order chi connectivity index (χ1) is 10.9. The minimum atomic E-state index is -0.652. The van der Waals surface area contributed by atoms with Crippen LogP contribution in [0.25, 0.3) is 0 Å². The molecule has 0 radical (unpaired) electrons. The highest BCUT2D eigenvalue weighted by atomic mass is 16.6. The molecule has 0 saturated carbocycles. The van der Waals surface area contributed by atoms with E-state index in [1.807, 2.05) is 27.7 Å². The van der Waals surface area contributed by atoms with Crippen molar-refractivity contribution in [1.29, 1.82) is 0 Å². The molecule has 0 aliphatic carbocycles. The molecule has 0 bridgehead atoms. The number of ether oxygens (including phenoxy) is 2. The molecule has 0 aromatic heterocycles. The Balaban J connectivity index is 4.06. The van der Waals surface area contributed by atoms with Gasteiger partial charge in [0.25, 0.3) is 0 Å². The topological polar surface area (TPSA) is 86.7 Å². The van der Waals surface area contributed by atoms with Crippen molar-refractivity contribution in [2.24, 2.45) is 11.8 Å². The second kappa shape index (κ2) is 11.8. The van der Waals surface area contributed by atoms with Gasteiger partial charge >= 0.3 is 23.9 Å². The fourth-order valence-electron chi connectivity index (χ4n) is 2.11. The van der Waals surface area contributed by atoms with Gasteiger partial charge in [-0.15, -0.1) is 0 Å². The molecular formula is C17H28O6. The predicted molar refractivity (Wildman–Crippen MR) is 84.2 cm³/mol. The maximum atomic E-state index is 11.6. The summed E-state index contributed by atoms with van der Waals surface area (Å²) in [6, 6.07) is 0. The van der Waals surface area contributed by atoms with Gasteiger partial charge in [-0.3, -0.25) is 19.2 Å². The lowest BCUT2D eigenvalue weighted by Gasteiger charge is -2.11. The first-order valence-corrected chi connectivity index (χ1v) is 8.38. The Labute approximate surface area is 137 Å². The van der Waals surface area contributed by atoms with E-state index >= 15 is 0 Å². The van der Waals surface area contributed by atoms with E-state index in [0.29, 0.717) is 25.7 Å². The molecule has 0 aliphatic heterocycles. The van der Waals surface area contributed by atoms with Crippen molar-refractivity contribution in [2.75, 3.05) is 0 Å². The SMILES string of the molecule is CCC(CC)C(=O)OC(=O)CCCC(=O)OC(=O)C(CC)CC. The highest BCUT2D eigenvalue weighted by Gasteiger charge is 2.21. The van der Waals surface area contributed by atoms with Gasteiger partial charge in [-0.2, -0.15) is 0 Å². The Hall–Kier alpha value is -1.72. The van der Waals surface area contributed by atoms with Crippen LogP contribution in [0, 0.1) is 11.8 Å². The van der Waals surface area contributed by atoms with Crippen molar-refractivity contribution >= 4 is 23.9 Å². The van der Waals surface area contributed by atoms with E-state index in [-0.39, 0.29) is 31.1 Å². The molecule has 0 N–H and O–H groups in total.